The van der Waals surface area contributed by atoms with Crippen molar-refractivity contribution in [3.8, 4) is 11.8 Å². The first-order chi connectivity index (χ1) is 9.24. The van der Waals surface area contributed by atoms with E-state index in [0.29, 0.717) is 24.1 Å². The molecule has 0 saturated heterocycles. The SMILES string of the molecule is CCC1CC1NC(=O)c1ccc(C#CCCO)cn1. The van der Waals surface area contributed by atoms with Crippen molar-refractivity contribution >= 4 is 5.91 Å². The summed E-state index contributed by atoms with van der Waals surface area (Å²) in [5.41, 5.74) is 1.18. The molecule has 100 valence electrons. The van der Waals surface area contributed by atoms with Crippen LogP contribution in [0.1, 0.15) is 42.2 Å². The van der Waals surface area contributed by atoms with E-state index >= 15 is 0 Å². The zero-order valence-electron chi connectivity index (χ0n) is 11.0. The summed E-state index contributed by atoms with van der Waals surface area (Å²) in [6.07, 6.45) is 4.22. The van der Waals surface area contributed by atoms with Crippen molar-refractivity contribution in [3.05, 3.63) is 29.6 Å². The van der Waals surface area contributed by atoms with Crippen LogP contribution in [0.25, 0.3) is 0 Å². The van der Waals surface area contributed by atoms with Crippen molar-refractivity contribution in [2.24, 2.45) is 5.92 Å². The molecule has 4 nitrogen and oxygen atoms in total. The molecule has 1 amide bonds. The molecular weight excluding hydrogens is 240 g/mol. The predicted molar refractivity (Wildman–Crippen MR) is 72.5 cm³/mol. The highest BCUT2D eigenvalue weighted by Gasteiger charge is 2.36. The number of carbonyl (C=O) groups is 1. The van der Waals surface area contributed by atoms with E-state index < -0.39 is 0 Å². The molecule has 0 spiro atoms. The van der Waals surface area contributed by atoms with Gasteiger partial charge in [0.25, 0.3) is 5.91 Å². The van der Waals surface area contributed by atoms with Gasteiger partial charge in [-0.2, -0.15) is 0 Å². The normalized spacial score (nSPS) is 20.3. The standard InChI is InChI=1S/C15H18N2O2/c1-2-12-9-14(12)17-15(19)13-7-6-11(10-16-13)5-3-4-8-18/h6-7,10,12,14,18H,2,4,8-9H2,1H3,(H,17,19). The van der Waals surface area contributed by atoms with E-state index in [1.807, 2.05) is 0 Å². The van der Waals surface area contributed by atoms with E-state index in [0.717, 1.165) is 18.4 Å². The van der Waals surface area contributed by atoms with Crippen molar-refractivity contribution in [2.75, 3.05) is 6.61 Å². The third kappa shape index (κ3) is 3.80. The van der Waals surface area contributed by atoms with Gasteiger partial charge in [-0.05, 0) is 24.5 Å². The van der Waals surface area contributed by atoms with Gasteiger partial charge >= 0.3 is 0 Å². The van der Waals surface area contributed by atoms with Gasteiger partial charge in [0.05, 0.1) is 6.61 Å². The number of aromatic nitrogens is 1. The average Bonchev–Trinajstić information content (AvgIpc) is 3.18. The first-order valence-electron chi connectivity index (χ1n) is 6.61. The van der Waals surface area contributed by atoms with Crippen LogP contribution in [0.4, 0.5) is 0 Å². The molecule has 19 heavy (non-hydrogen) atoms. The number of pyridine rings is 1. The molecule has 0 radical (unpaired) electrons. The van der Waals surface area contributed by atoms with Crippen molar-refractivity contribution < 1.29 is 9.90 Å². The Bertz CT molecular complexity index is 499. The maximum Gasteiger partial charge on any atom is 0.270 e. The minimum Gasteiger partial charge on any atom is -0.395 e. The summed E-state index contributed by atoms with van der Waals surface area (Å²) in [6, 6.07) is 3.78. The zero-order chi connectivity index (χ0) is 13.7. The number of aliphatic hydroxyl groups is 1. The molecule has 1 heterocycles. The molecule has 1 fully saturated rings. The summed E-state index contributed by atoms with van der Waals surface area (Å²) in [5, 5.41) is 11.6. The van der Waals surface area contributed by atoms with E-state index in [-0.39, 0.29) is 12.5 Å². The Morgan fingerprint density at radius 1 is 1.58 bits per heavy atom. The van der Waals surface area contributed by atoms with Gasteiger partial charge in [-0.1, -0.05) is 25.2 Å². The number of amides is 1. The number of carbonyl (C=O) groups excluding carboxylic acids is 1. The van der Waals surface area contributed by atoms with Crippen LogP contribution in [0.2, 0.25) is 0 Å². The van der Waals surface area contributed by atoms with Crippen LogP contribution in [0, 0.1) is 17.8 Å². The molecule has 1 aliphatic rings. The maximum atomic E-state index is 11.9. The molecule has 2 N–H and O–H groups in total. The lowest BCUT2D eigenvalue weighted by molar-refractivity contribution is 0.0944. The quantitative estimate of drug-likeness (QED) is 0.801. The third-order valence-corrected chi connectivity index (χ3v) is 3.23. The van der Waals surface area contributed by atoms with Gasteiger partial charge in [0, 0.05) is 24.2 Å². The van der Waals surface area contributed by atoms with Crippen LogP contribution in [-0.2, 0) is 0 Å². The molecule has 2 unspecified atom stereocenters. The number of rotatable bonds is 4. The van der Waals surface area contributed by atoms with Crippen LogP contribution >= 0.6 is 0 Å². The third-order valence-electron chi connectivity index (χ3n) is 3.23. The molecule has 0 aliphatic heterocycles. The fourth-order valence-electron chi connectivity index (χ4n) is 1.94. The van der Waals surface area contributed by atoms with Gasteiger partial charge in [0.2, 0.25) is 0 Å². The highest BCUT2D eigenvalue weighted by atomic mass is 16.2. The second-order valence-electron chi connectivity index (χ2n) is 4.69. The van der Waals surface area contributed by atoms with Gasteiger partial charge < -0.3 is 10.4 Å². The Labute approximate surface area is 113 Å². The average molecular weight is 258 g/mol. The second kappa shape index (κ2) is 6.35. The number of aliphatic hydroxyl groups excluding tert-OH is 1. The van der Waals surface area contributed by atoms with Gasteiger partial charge in [0.15, 0.2) is 0 Å². The van der Waals surface area contributed by atoms with E-state index in [9.17, 15) is 4.79 Å². The lowest BCUT2D eigenvalue weighted by Crippen LogP contribution is -2.27. The number of hydrogen-bond acceptors (Lipinski definition) is 3. The Balaban J connectivity index is 1.91. The molecule has 1 saturated carbocycles. The van der Waals surface area contributed by atoms with E-state index in [1.54, 1.807) is 18.3 Å². The van der Waals surface area contributed by atoms with Crippen molar-refractivity contribution in [1.82, 2.24) is 10.3 Å². The van der Waals surface area contributed by atoms with E-state index in [4.69, 9.17) is 5.11 Å². The van der Waals surface area contributed by atoms with Crippen molar-refractivity contribution in [2.45, 2.75) is 32.2 Å². The Hall–Kier alpha value is -1.86. The first kappa shape index (κ1) is 13.6. The molecule has 0 aromatic carbocycles. The fraction of sp³-hybridized carbons (Fsp3) is 0.467. The topological polar surface area (TPSA) is 62.2 Å². The van der Waals surface area contributed by atoms with Crippen molar-refractivity contribution in [1.29, 1.82) is 0 Å². The Morgan fingerprint density at radius 2 is 2.42 bits per heavy atom. The second-order valence-corrected chi connectivity index (χ2v) is 4.69. The molecule has 0 bridgehead atoms. The number of hydrogen-bond donors (Lipinski definition) is 2. The Morgan fingerprint density at radius 3 is 3.00 bits per heavy atom. The molecule has 1 aromatic heterocycles. The number of nitrogens with zero attached hydrogens (tertiary/aromatic N) is 1. The maximum absolute atomic E-state index is 11.9. The van der Waals surface area contributed by atoms with Crippen LogP contribution < -0.4 is 5.32 Å². The van der Waals surface area contributed by atoms with Crippen molar-refractivity contribution in [3.63, 3.8) is 0 Å². The minimum atomic E-state index is -0.115. The fourth-order valence-corrected chi connectivity index (χ4v) is 1.94. The zero-order valence-corrected chi connectivity index (χ0v) is 11.0. The smallest absolute Gasteiger partial charge is 0.270 e. The molecule has 4 heteroatoms. The minimum absolute atomic E-state index is 0.0565. The summed E-state index contributed by atoms with van der Waals surface area (Å²) < 4.78 is 0. The summed E-state index contributed by atoms with van der Waals surface area (Å²) in [6.45, 7) is 2.19. The van der Waals surface area contributed by atoms with Gasteiger partial charge in [0.1, 0.15) is 5.69 Å². The highest BCUT2D eigenvalue weighted by molar-refractivity contribution is 5.92. The molecule has 2 rings (SSSR count). The van der Waals surface area contributed by atoms with Crippen LogP contribution in [0.5, 0.6) is 0 Å². The largest absolute Gasteiger partial charge is 0.395 e. The highest BCUT2D eigenvalue weighted by Crippen LogP contribution is 2.33. The monoisotopic (exact) mass is 258 g/mol. The lowest BCUT2D eigenvalue weighted by atomic mass is 10.2. The van der Waals surface area contributed by atoms with Crippen LogP contribution in [0.15, 0.2) is 18.3 Å². The first-order valence-corrected chi connectivity index (χ1v) is 6.61. The number of nitrogens with one attached hydrogen (secondary N) is 1. The lowest BCUT2D eigenvalue weighted by Gasteiger charge is -2.03. The summed E-state index contributed by atoms with van der Waals surface area (Å²) in [4.78, 5) is 16.0. The summed E-state index contributed by atoms with van der Waals surface area (Å²) in [5.74, 6) is 6.21. The van der Waals surface area contributed by atoms with Crippen LogP contribution in [-0.4, -0.2) is 28.6 Å². The van der Waals surface area contributed by atoms with E-state index in [1.165, 1.54) is 0 Å². The molecular formula is C15H18N2O2. The van der Waals surface area contributed by atoms with Crippen LogP contribution in [0.3, 0.4) is 0 Å². The predicted octanol–water partition coefficient (Wildman–Crippen LogP) is 1.34. The van der Waals surface area contributed by atoms with Gasteiger partial charge in [-0.3, -0.25) is 4.79 Å². The Kier molecular flexibility index (Phi) is 4.53. The van der Waals surface area contributed by atoms with Gasteiger partial charge in [-0.15, -0.1) is 0 Å². The van der Waals surface area contributed by atoms with E-state index in [2.05, 4.69) is 29.1 Å². The van der Waals surface area contributed by atoms with Gasteiger partial charge in [-0.25, -0.2) is 4.98 Å². The molecule has 2 atom stereocenters. The molecule has 1 aromatic rings. The summed E-state index contributed by atoms with van der Waals surface area (Å²) in [7, 11) is 0. The summed E-state index contributed by atoms with van der Waals surface area (Å²) >= 11 is 0. The molecule has 1 aliphatic carbocycles.